The summed E-state index contributed by atoms with van der Waals surface area (Å²) in [5, 5.41) is 7.05. The number of carbonyl (C=O) groups excluding carboxylic acids is 1. The fourth-order valence-electron chi connectivity index (χ4n) is 2.67. The Morgan fingerprint density at radius 1 is 1.23 bits per heavy atom. The number of aromatic nitrogens is 1. The number of nitrogens with one attached hydrogen (secondary N) is 1. The molecule has 3 rings (SSSR count). The lowest BCUT2D eigenvalue weighted by Gasteiger charge is -2.33. The molecule has 1 aromatic heterocycles. The predicted octanol–water partition coefficient (Wildman–Crippen LogP) is 1.85. The van der Waals surface area contributed by atoms with Crippen LogP contribution in [-0.4, -0.2) is 55.0 Å². The highest BCUT2D eigenvalue weighted by Crippen LogP contribution is 2.19. The lowest BCUT2D eigenvalue weighted by molar-refractivity contribution is 0.171. The lowest BCUT2D eigenvalue weighted by Crippen LogP contribution is -2.52. The van der Waals surface area contributed by atoms with Gasteiger partial charge in [0.05, 0.1) is 11.4 Å². The van der Waals surface area contributed by atoms with Gasteiger partial charge in [0, 0.05) is 37.3 Å². The third-order valence-corrected chi connectivity index (χ3v) is 6.24. The minimum atomic E-state index is -3.59. The van der Waals surface area contributed by atoms with Crippen molar-refractivity contribution in [3.63, 3.8) is 0 Å². The monoisotopic (exact) mass is 398 g/mol. The van der Waals surface area contributed by atoms with Crippen molar-refractivity contribution < 1.29 is 17.7 Å². The minimum absolute atomic E-state index is 0.196. The molecule has 1 aliphatic rings. The number of aryl methyl sites for hydroxylation is 1. The van der Waals surface area contributed by atoms with Gasteiger partial charge in [-0.05, 0) is 31.2 Å². The Kier molecular flexibility index (Phi) is 5.49. The number of sulfonamides is 1. The summed E-state index contributed by atoms with van der Waals surface area (Å²) in [6.07, 6.45) is 0. The van der Waals surface area contributed by atoms with Crippen LogP contribution in [0.1, 0.15) is 11.5 Å². The quantitative estimate of drug-likeness (QED) is 0.847. The lowest BCUT2D eigenvalue weighted by atomic mass is 10.3. The maximum absolute atomic E-state index is 12.6. The molecule has 1 fully saturated rings. The topological polar surface area (TPSA) is 95.8 Å². The molecule has 140 valence electrons. The largest absolute Gasteiger partial charge is 0.361 e. The van der Waals surface area contributed by atoms with Gasteiger partial charge < -0.3 is 14.7 Å². The van der Waals surface area contributed by atoms with Crippen LogP contribution >= 0.6 is 11.6 Å². The summed E-state index contributed by atoms with van der Waals surface area (Å²) in [5.41, 5.74) is 0.639. The first-order chi connectivity index (χ1) is 12.4. The van der Waals surface area contributed by atoms with E-state index in [1.54, 1.807) is 30.0 Å². The maximum atomic E-state index is 12.6. The van der Waals surface area contributed by atoms with E-state index in [4.69, 9.17) is 16.1 Å². The van der Waals surface area contributed by atoms with E-state index in [1.165, 1.54) is 16.4 Å². The first-order valence-electron chi connectivity index (χ1n) is 8.07. The molecule has 2 heterocycles. The van der Waals surface area contributed by atoms with E-state index in [-0.39, 0.29) is 30.6 Å². The molecule has 8 nitrogen and oxygen atoms in total. The van der Waals surface area contributed by atoms with Crippen molar-refractivity contribution >= 4 is 27.7 Å². The Hall–Kier alpha value is -2.10. The number of amides is 2. The van der Waals surface area contributed by atoms with Crippen LogP contribution < -0.4 is 5.32 Å². The molecule has 2 aromatic rings. The van der Waals surface area contributed by atoms with Crippen molar-refractivity contribution in [1.82, 2.24) is 19.7 Å². The smallest absolute Gasteiger partial charge is 0.317 e. The molecule has 26 heavy (non-hydrogen) atoms. The maximum Gasteiger partial charge on any atom is 0.317 e. The second-order valence-corrected chi connectivity index (χ2v) is 8.31. The van der Waals surface area contributed by atoms with E-state index in [9.17, 15) is 13.2 Å². The van der Waals surface area contributed by atoms with Gasteiger partial charge in [-0.1, -0.05) is 16.8 Å². The van der Waals surface area contributed by atoms with Gasteiger partial charge in [0.1, 0.15) is 11.5 Å². The van der Waals surface area contributed by atoms with Gasteiger partial charge in [0.15, 0.2) is 0 Å². The molecule has 2 amide bonds. The molecule has 1 aliphatic heterocycles. The molecular weight excluding hydrogens is 380 g/mol. The predicted molar refractivity (Wildman–Crippen MR) is 95.3 cm³/mol. The van der Waals surface area contributed by atoms with E-state index < -0.39 is 10.0 Å². The van der Waals surface area contributed by atoms with Crippen molar-refractivity contribution in [2.24, 2.45) is 0 Å². The van der Waals surface area contributed by atoms with E-state index in [2.05, 4.69) is 10.5 Å². The van der Waals surface area contributed by atoms with E-state index in [0.29, 0.717) is 29.6 Å². The number of benzene rings is 1. The fourth-order valence-corrected chi connectivity index (χ4v) is 4.21. The van der Waals surface area contributed by atoms with Crippen LogP contribution in [0.4, 0.5) is 4.79 Å². The van der Waals surface area contributed by atoms with Crippen LogP contribution in [0.15, 0.2) is 39.8 Å². The molecule has 0 radical (unpaired) electrons. The summed E-state index contributed by atoms with van der Waals surface area (Å²) in [4.78, 5) is 14.0. The number of carbonyl (C=O) groups is 1. The Bertz CT molecular complexity index is 874. The number of halogens is 1. The van der Waals surface area contributed by atoms with Crippen molar-refractivity contribution in [2.75, 3.05) is 26.2 Å². The highest BCUT2D eigenvalue weighted by atomic mass is 35.5. The molecule has 0 bridgehead atoms. The number of rotatable bonds is 4. The van der Waals surface area contributed by atoms with Crippen LogP contribution in [-0.2, 0) is 16.6 Å². The summed E-state index contributed by atoms with van der Waals surface area (Å²) in [6, 6.07) is 7.55. The zero-order chi connectivity index (χ0) is 18.7. The van der Waals surface area contributed by atoms with E-state index >= 15 is 0 Å². The number of nitrogens with zero attached hydrogens (tertiary/aromatic N) is 3. The average molecular weight is 399 g/mol. The van der Waals surface area contributed by atoms with Gasteiger partial charge >= 0.3 is 6.03 Å². The summed E-state index contributed by atoms with van der Waals surface area (Å²) in [5.74, 6) is 0.676. The Labute approximate surface area is 156 Å². The number of hydrogen-bond acceptors (Lipinski definition) is 5. The summed E-state index contributed by atoms with van der Waals surface area (Å²) in [6.45, 7) is 3.15. The van der Waals surface area contributed by atoms with Crippen molar-refractivity contribution in [3.05, 3.63) is 46.8 Å². The highest BCUT2D eigenvalue weighted by molar-refractivity contribution is 7.89. The third kappa shape index (κ3) is 4.17. The molecule has 1 saturated heterocycles. The van der Waals surface area contributed by atoms with Gasteiger partial charge in [-0.2, -0.15) is 4.31 Å². The number of urea groups is 1. The number of hydrogen-bond donors (Lipinski definition) is 1. The molecule has 0 aliphatic carbocycles. The van der Waals surface area contributed by atoms with Crippen LogP contribution in [0.3, 0.4) is 0 Å². The van der Waals surface area contributed by atoms with Crippen LogP contribution in [0.25, 0.3) is 0 Å². The molecule has 1 N–H and O–H groups in total. The SMILES string of the molecule is Cc1cc(CNC(=O)N2CCN(S(=O)(=O)c3ccc(Cl)cc3)CC2)no1. The van der Waals surface area contributed by atoms with Crippen molar-refractivity contribution in [3.8, 4) is 0 Å². The van der Waals surface area contributed by atoms with Crippen molar-refractivity contribution in [1.29, 1.82) is 0 Å². The van der Waals surface area contributed by atoms with Gasteiger partial charge in [-0.15, -0.1) is 0 Å². The van der Waals surface area contributed by atoms with Crippen LogP contribution in [0.5, 0.6) is 0 Å². The molecule has 0 atom stereocenters. The Balaban J connectivity index is 1.54. The molecule has 0 spiro atoms. The summed E-state index contributed by atoms with van der Waals surface area (Å²) < 4.78 is 31.6. The molecule has 0 unspecified atom stereocenters. The van der Waals surface area contributed by atoms with Crippen LogP contribution in [0, 0.1) is 6.92 Å². The zero-order valence-corrected chi connectivity index (χ0v) is 15.8. The average Bonchev–Trinajstić information content (AvgIpc) is 3.05. The zero-order valence-electron chi connectivity index (χ0n) is 14.2. The first-order valence-corrected chi connectivity index (χ1v) is 9.89. The molecular formula is C16H19ClN4O4S. The molecule has 1 aromatic carbocycles. The second-order valence-electron chi connectivity index (χ2n) is 5.93. The standard InChI is InChI=1S/C16H19ClN4O4S/c1-12-10-14(19-25-12)11-18-16(22)20-6-8-21(9-7-20)26(23,24)15-4-2-13(17)3-5-15/h2-5,10H,6-9,11H2,1H3,(H,18,22). The molecule has 10 heteroatoms. The van der Waals surface area contributed by atoms with Gasteiger partial charge in [0.25, 0.3) is 0 Å². The van der Waals surface area contributed by atoms with Gasteiger partial charge in [-0.3, -0.25) is 0 Å². The first kappa shape index (κ1) is 18.7. The Morgan fingerprint density at radius 2 is 1.88 bits per heavy atom. The number of piperazine rings is 1. The summed E-state index contributed by atoms with van der Waals surface area (Å²) >= 11 is 5.81. The normalized spacial score (nSPS) is 15.8. The van der Waals surface area contributed by atoms with Crippen molar-refractivity contribution in [2.45, 2.75) is 18.4 Å². The minimum Gasteiger partial charge on any atom is -0.361 e. The van der Waals surface area contributed by atoms with Crippen LogP contribution in [0.2, 0.25) is 5.02 Å². The van der Waals surface area contributed by atoms with Gasteiger partial charge in [0.2, 0.25) is 10.0 Å². The Morgan fingerprint density at radius 3 is 2.46 bits per heavy atom. The third-order valence-electron chi connectivity index (χ3n) is 4.07. The fraction of sp³-hybridized carbons (Fsp3) is 0.375. The summed E-state index contributed by atoms with van der Waals surface area (Å²) in [7, 11) is -3.59. The highest BCUT2D eigenvalue weighted by Gasteiger charge is 2.30. The van der Waals surface area contributed by atoms with Gasteiger partial charge in [-0.25, -0.2) is 13.2 Å². The van der Waals surface area contributed by atoms with E-state index in [0.717, 1.165) is 0 Å². The molecule has 0 saturated carbocycles. The second kappa shape index (κ2) is 7.65. The van der Waals surface area contributed by atoms with E-state index in [1.807, 2.05) is 0 Å².